The fraction of sp³-hybridized carbons (Fsp3) is 0.588. The van der Waals surface area contributed by atoms with Crippen molar-refractivity contribution in [3.8, 4) is 0 Å². The quantitative estimate of drug-likeness (QED) is 0.455. The van der Waals surface area contributed by atoms with Gasteiger partial charge in [-0.3, -0.25) is 14.4 Å². The van der Waals surface area contributed by atoms with Crippen molar-refractivity contribution in [2.45, 2.75) is 51.7 Å². The molecule has 0 bridgehead atoms. The van der Waals surface area contributed by atoms with Crippen LogP contribution in [0.4, 0.5) is 0 Å². The monoisotopic (exact) mass is 306 g/mol. The fourth-order valence-electron chi connectivity index (χ4n) is 3.18. The molecule has 0 aromatic carbocycles. The van der Waals surface area contributed by atoms with Gasteiger partial charge in [0.05, 0.1) is 0 Å². The van der Waals surface area contributed by atoms with Crippen molar-refractivity contribution in [2.24, 2.45) is 11.3 Å². The van der Waals surface area contributed by atoms with Crippen LogP contribution in [0.2, 0.25) is 0 Å². The van der Waals surface area contributed by atoms with Gasteiger partial charge in [-0.25, -0.2) is 0 Å². The van der Waals surface area contributed by atoms with Gasteiger partial charge >= 0.3 is 11.9 Å². The Bertz CT molecular complexity index is 568. The molecular formula is C17H22O5. The second-order valence-corrected chi connectivity index (χ2v) is 7.10. The van der Waals surface area contributed by atoms with E-state index in [1.807, 2.05) is 0 Å². The first-order chi connectivity index (χ1) is 10.0. The van der Waals surface area contributed by atoms with E-state index in [2.05, 4.69) is 6.58 Å². The Kier molecular flexibility index (Phi) is 3.80. The molecule has 0 unspecified atom stereocenters. The average Bonchev–Trinajstić information content (AvgIpc) is 2.58. The molecule has 0 saturated carbocycles. The van der Waals surface area contributed by atoms with Crippen LogP contribution in [0.25, 0.3) is 0 Å². The Morgan fingerprint density at radius 1 is 1.50 bits per heavy atom. The third-order valence-electron chi connectivity index (χ3n) is 4.20. The Morgan fingerprint density at radius 2 is 2.14 bits per heavy atom. The molecule has 1 aliphatic heterocycles. The number of hydrogen-bond donors (Lipinski definition) is 0. The summed E-state index contributed by atoms with van der Waals surface area (Å²) in [4.78, 5) is 37.2. The lowest BCUT2D eigenvalue weighted by Crippen LogP contribution is -2.49. The lowest BCUT2D eigenvalue weighted by molar-refractivity contribution is -0.175. The molecule has 120 valence electrons. The number of ether oxygens (including phenoxy) is 2. The summed E-state index contributed by atoms with van der Waals surface area (Å²) >= 11 is 0. The number of ketones is 1. The standard InChI is InChI=1S/C17H22O5/c1-6-8-17(13(19)21-15(2,3)4)12-10-11(18)7-9-16(12,5)22-14(17)20/h6-7,9,12H,1,8,10H2,2-5H3/t12-,16+,17+/m0/s1. The fourth-order valence-corrected chi connectivity index (χ4v) is 3.18. The number of carbonyl (C=O) groups excluding carboxylic acids is 3. The second kappa shape index (κ2) is 5.07. The zero-order valence-corrected chi connectivity index (χ0v) is 13.5. The lowest BCUT2D eigenvalue weighted by Gasteiger charge is -2.36. The van der Waals surface area contributed by atoms with E-state index in [0.717, 1.165) is 0 Å². The first-order valence-corrected chi connectivity index (χ1v) is 7.35. The molecule has 5 nitrogen and oxygen atoms in total. The van der Waals surface area contributed by atoms with Crippen LogP contribution in [0.3, 0.4) is 0 Å². The molecule has 0 aromatic rings. The van der Waals surface area contributed by atoms with E-state index in [-0.39, 0.29) is 18.6 Å². The Balaban J connectivity index is 2.51. The third kappa shape index (κ3) is 2.49. The van der Waals surface area contributed by atoms with E-state index < -0.39 is 34.5 Å². The Morgan fingerprint density at radius 3 is 2.68 bits per heavy atom. The molecule has 1 heterocycles. The predicted molar refractivity (Wildman–Crippen MR) is 79.8 cm³/mol. The van der Waals surface area contributed by atoms with Gasteiger partial charge < -0.3 is 9.47 Å². The molecule has 0 aromatic heterocycles. The van der Waals surface area contributed by atoms with E-state index in [0.29, 0.717) is 0 Å². The van der Waals surface area contributed by atoms with Crippen molar-refractivity contribution in [1.82, 2.24) is 0 Å². The molecule has 0 spiro atoms. The highest BCUT2D eigenvalue weighted by atomic mass is 16.6. The van der Waals surface area contributed by atoms with Crippen LogP contribution in [-0.4, -0.2) is 28.9 Å². The zero-order chi connectivity index (χ0) is 16.8. The minimum Gasteiger partial charge on any atom is -0.459 e. The molecule has 1 saturated heterocycles. The van der Waals surface area contributed by atoms with Crippen molar-refractivity contribution in [2.75, 3.05) is 0 Å². The first-order valence-electron chi connectivity index (χ1n) is 7.35. The summed E-state index contributed by atoms with van der Waals surface area (Å²) in [6.07, 6.45) is 4.63. The Hall–Kier alpha value is -1.91. The van der Waals surface area contributed by atoms with Gasteiger partial charge in [0.15, 0.2) is 11.2 Å². The first kappa shape index (κ1) is 16.5. The molecule has 22 heavy (non-hydrogen) atoms. The highest BCUT2D eigenvalue weighted by Crippen LogP contribution is 2.53. The molecule has 0 radical (unpaired) electrons. The molecule has 1 fully saturated rings. The maximum atomic E-state index is 12.8. The van der Waals surface area contributed by atoms with Crippen LogP contribution >= 0.6 is 0 Å². The summed E-state index contributed by atoms with van der Waals surface area (Å²) in [6, 6.07) is 0. The number of allylic oxidation sites excluding steroid dienone is 2. The van der Waals surface area contributed by atoms with E-state index >= 15 is 0 Å². The van der Waals surface area contributed by atoms with Crippen molar-refractivity contribution in [1.29, 1.82) is 0 Å². The second-order valence-electron chi connectivity index (χ2n) is 7.10. The third-order valence-corrected chi connectivity index (χ3v) is 4.20. The average molecular weight is 306 g/mol. The van der Waals surface area contributed by atoms with Gasteiger partial charge in [0.25, 0.3) is 0 Å². The van der Waals surface area contributed by atoms with Crippen LogP contribution in [0.1, 0.15) is 40.5 Å². The van der Waals surface area contributed by atoms with Crippen molar-refractivity contribution < 1.29 is 23.9 Å². The summed E-state index contributed by atoms with van der Waals surface area (Å²) in [5.74, 6) is -2.01. The summed E-state index contributed by atoms with van der Waals surface area (Å²) < 4.78 is 10.9. The predicted octanol–water partition coefficient (Wildman–Crippen LogP) is 2.35. The smallest absolute Gasteiger partial charge is 0.325 e. The Labute approximate surface area is 130 Å². The van der Waals surface area contributed by atoms with Crippen molar-refractivity contribution in [3.63, 3.8) is 0 Å². The normalized spacial score (nSPS) is 34.1. The van der Waals surface area contributed by atoms with Crippen LogP contribution in [0, 0.1) is 11.3 Å². The SMILES string of the molecule is C=CC[C@@]1(C(=O)OC(C)(C)C)C(=O)O[C@]2(C)C=CC(=O)C[C@H]12. The van der Waals surface area contributed by atoms with Gasteiger partial charge in [-0.15, -0.1) is 6.58 Å². The summed E-state index contributed by atoms with van der Waals surface area (Å²) in [6.45, 7) is 10.6. The maximum absolute atomic E-state index is 12.8. The van der Waals surface area contributed by atoms with Crippen LogP contribution in [0.5, 0.6) is 0 Å². The highest BCUT2D eigenvalue weighted by molar-refractivity contribution is 6.05. The van der Waals surface area contributed by atoms with Gasteiger partial charge in [0, 0.05) is 12.3 Å². The molecule has 5 heteroatoms. The number of fused-ring (bicyclic) bond motifs is 1. The number of carbonyl (C=O) groups is 3. The van der Waals surface area contributed by atoms with E-state index in [1.54, 1.807) is 33.8 Å². The van der Waals surface area contributed by atoms with Crippen molar-refractivity contribution >= 4 is 17.7 Å². The summed E-state index contributed by atoms with van der Waals surface area (Å²) in [5.41, 5.74) is -3.21. The van der Waals surface area contributed by atoms with E-state index in [9.17, 15) is 14.4 Å². The number of esters is 2. The summed E-state index contributed by atoms with van der Waals surface area (Å²) in [7, 11) is 0. The maximum Gasteiger partial charge on any atom is 0.325 e. The minimum absolute atomic E-state index is 0.0752. The summed E-state index contributed by atoms with van der Waals surface area (Å²) in [5, 5.41) is 0. The van der Waals surface area contributed by atoms with Gasteiger partial charge in [-0.2, -0.15) is 0 Å². The topological polar surface area (TPSA) is 69.7 Å². The van der Waals surface area contributed by atoms with Gasteiger partial charge in [0.1, 0.15) is 11.2 Å². The minimum atomic E-state index is -1.51. The molecular weight excluding hydrogens is 284 g/mol. The van der Waals surface area contributed by atoms with Crippen LogP contribution in [0.15, 0.2) is 24.8 Å². The number of rotatable bonds is 3. The molecule has 0 amide bonds. The lowest BCUT2D eigenvalue weighted by atomic mass is 9.64. The highest BCUT2D eigenvalue weighted by Gasteiger charge is 2.67. The molecule has 2 rings (SSSR count). The largest absolute Gasteiger partial charge is 0.459 e. The number of hydrogen-bond acceptors (Lipinski definition) is 5. The molecule has 2 aliphatic rings. The molecule has 1 aliphatic carbocycles. The molecule has 3 atom stereocenters. The zero-order valence-electron chi connectivity index (χ0n) is 13.5. The van der Waals surface area contributed by atoms with Crippen LogP contribution < -0.4 is 0 Å². The van der Waals surface area contributed by atoms with Crippen LogP contribution in [-0.2, 0) is 23.9 Å². The van der Waals surface area contributed by atoms with E-state index in [4.69, 9.17) is 9.47 Å². The van der Waals surface area contributed by atoms with E-state index in [1.165, 1.54) is 12.2 Å². The van der Waals surface area contributed by atoms with Crippen molar-refractivity contribution in [3.05, 3.63) is 24.8 Å². The van der Waals surface area contributed by atoms with Gasteiger partial charge in [-0.1, -0.05) is 6.08 Å². The van der Waals surface area contributed by atoms with Gasteiger partial charge in [0.2, 0.25) is 0 Å². The van der Waals surface area contributed by atoms with Gasteiger partial charge in [-0.05, 0) is 46.3 Å². The molecule has 0 N–H and O–H groups in total.